The van der Waals surface area contributed by atoms with Gasteiger partial charge in [-0.2, -0.15) is 31.4 Å². The van der Waals surface area contributed by atoms with E-state index in [4.69, 9.17) is 4.74 Å². The van der Waals surface area contributed by atoms with Gasteiger partial charge in [-0.15, -0.1) is 0 Å². The van der Waals surface area contributed by atoms with Gasteiger partial charge in [0.2, 0.25) is 0 Å². The predicted molar refractivity (Wildman–Crippen MR) is 123 cm³/mol. The van der Waals surface area contributed by atoms with Crippen LogP contribution >= 0.6 is 0 Å². The van der Waals surface area contributed by atoms with E-state index >= 15 is 0 Å². The van der Waals surface area contributed by atoms with E-state index in [2.05, 4.69) is 28.7 Å². The lowest BCUT2D eigenvalue weighted by Gasteiger charge is -2.37. The summed E-state index contributed by atoms with van der Waals surface area (Å²) in [6, 6.07) is 3.55. The number of carbonyl (C=O) groups is 1. The molecule has 204 valence electrons. The Morgan fingerprint density at radius 1 is 0.919 bits per heavy atom. The zero-order chi connectivity index (χ0) is 27.0. The molecule has 13 heteroatoms. The zero-order valence-electron chi connectivity index (χ0n) is 20.6. The van der Waals surface area contributed by atoms with Crippen LogP contribution in [0.3, 0.4) is 0 Å². The number of aryl methyl sites for hydroxylation is 1. The van der Waals surface area contributed by atoms with E-state index < -0.39 is 41.7 Å². The number of halogens is 6. The molecule has 2 aromatic rings. The van der Waals surface area contributed by atoms with Crippen molar-refractivity contribution in [2.24, 2.45) is 0 Å². The number of amides is 1. The highest BCUT2D eigenvalue weighted by molar-refractivity contribution is 5.67. The molecular weight excluding hydrogens is 504 g/mol. The van der Waals surface area contributed by atoms with Gasteiger partial charge in [0.15, 0.2) is 5.82 Å². The number of anilines is 1. The Morgan fingerprint density at radius 2 is 1.54 bits per heavy atom. The maximum atomic E-state index is 13.1. The Bertz CT molecular complexity index is 1070. The molecule has 0 spiro atoms. The minimum atomic E-state index is -4.97. The molecule has 1 aromatic carbocycles. The van der Waals surface area contributed by atoms with E-state index in [0.717, 1.165) is 37.7 Å². The van der Waals surface area contributed by atoms with Crippen molar-refractivity contribution in [3.8, 4) is 0 Å². The van der Waals surface area contributed by atoms with Crippen LogP contribution in [0.15, 0.2) is 24.3 Å². The molecule has 0 unspecified atom stereocenters. The summed E-state index contributed by atoms with van der Waals surface area (Å²) >= 11 is 0. The average molecular weight is 534 g/mol. The van der Waals surface area contributed by atoms with Crippen LogP contribution in [0.4, 0.5) is 37.0 Å². The van der Waals surface area contributed by atoms with Gasteiger partial charge in [-0.1, -0.05) is 0 Å². The summed E-state index contributed by atoms with van der Waals surface area (Å²) in [5.74, 6) is 0.817. The number of alkyl halides is 6. The fraction of sp³-hybridized carbons (Fsp3) is 0.583. The average Bonchev–Trinajstić information content (AvgIpc) is 3.12. The number of piperazine rings is 1. The highest BCUT2D eigenvalue weighted by atomic mass is 19.4. The number of benzene rings is 1. The number of hydrogen-bond donors (Lipinski definition) is 0. The van der Waals surface area contributed by atoms with E-state index in [9.17, 15) is 31.1 Å². The van der Waals surface area contributed by atoms with E-state index in [1.807, 2.05) is 10.7 Å². The number of hydrogen-bond acceptors (Lipinski definition) is 5. The van der Waals surface area contributed by atoms with Gasteiger partial charge in [0, 0.05) is 51.4 Å². The van der Waals surface area contributed by atoms with Crippen molar-refractivity contribution in [3.05, 3.63) is 46.6 Å². The molecule has 0 aliphatic carbocycles. The van der Waals surface area contributed by atoms with Gasteiger partial charge in [-0.3, -0.25) is 9.58 Å². The maximum absolute atomic E-state index is 13.1. The fourth-order valence-corrected chi connectivity index (χ4v) is 4.56. The second-order valence-electron chi connectivity index (χ2n) is 9.58. The summed E-state index contributed by atoms with van der Waals surface area (Å²) in [4.78, 5) is 18.7. The first-order valence-electron chi connectivity index (χ1n) is 12.1. The molecule has 0 saturated carbocycles. The minimum Gasteiger partial charge on any atom is -0.445 e. The standard InChI is InChI=1S/C24H29F6N5O2/c1-16(2)32-6-8-33(9-7-32)21-13-20-14-34(4-3-5-35(20)31-21)22(36)37-15-17-10-18(23(25,26)27)12-19(11-17)24(28,29)30/h10-13,16H,3-9,14-15H2,1-2H3. The molecule has 1 amide bonds. The lowest BCUT2D eigenvalue weighted by Crippen LogP contribution is -2.49. The number of carbonyl (C=O) groups excluding carboxylic acids is 1. The Balaban J connectivity index is 1.42. The Morgan fingerprint density at radius 3 is 2.11 bits per heavy atom. The van der Waals surface area contributed by atoms with Gasteiger partial charge >= 0.3 is 18.4 Å². The van der Waals surface area contributed by atoms with Crippen LogP contribution in [-0.4, -0.2) is 64.4 Å². The van der Waals surface area contributed by atoms with Gasteiger partial charge < -0.3 is 14.5 Å². The molecule has 2 aliphatic heterocycles. The van der Waals surface area contributed by atoms with E-state index in [1.54, 1.807) is 0 Å². The monoisotopic (exact) mass is 533 g/mol. The van der Waals surface area contributed by atoms with Crippen LogP contribution in [0.2, 0.25) is 0 Å². The van der Waals surface area contributed by atoms with Crippen LogP contribution in [-0.2, 0) is 36.8 Å². The molecule has 3 heterocycles. The van der Waals surface area contributed by atoms with Crippen LogP contribution in [0.1, 0.15) is 42.7 Å². The van der Waals surface area contributed by atoms with E-state index in [1.165, 1.54) is 4.90 Å². The fourth-order valence-electron chi connectivity index (χ4n) is 4.56. The Hall–Kier alpha value is -2.96. The van der Waals surface area contributed by atoms with Gasteiger partial charge in [-0.05, 0) is 44.0 Å². The van der Waals surface area contributed by atoms with Crippen molar-refractivity contribution < 1.29 is 35.9 Å². The van der Waals surface area contributed by atoms with Crippen LogP contribution in [0, 0.1) is 0 Å². The highest BCUT2D eigenvalue weighted by Crippen LogP contribution is 2.36. The quantitative estimate of drug-likeness (QED) is 0.519. The Kier molecular flexibility index (Phi) is 7.63. The second kappa shape index (κ2) is 10.4. The van der Waals surface area contributed by atoms with Gasteiger partial charge in [0.25, 0.3) is 0 Å². The molecule has 7 nitrogen and oxygen atoms in total. The number of aromatic nitrogens is 2. The van der Waals surface area contributed by atoms with E-state index in [0.29, 0.717) is 37.7 Å². The topological polar surface area (TPSA) is 53.8 Å². The lowest BCUT2D eigenvalue weighted by atomic mass is 10.1. The second-order valence-corrected chi connectivity index (χ2v) is 9.58. The van der Waals surface area contributed by atoms with Crippen molar-refractivity contribution >= 4 is 11.9 Å². The Labute approximate surface area is 210 Å². The molecule has 0 atom stereocenters. The zero-order valence-corrected chi connectivity index (χ0v) is 20.6. The third kappa shape index (κ3) is 6.49. The van der Waals surface area contributed by atoms with Gasteiger partial charge in [-0.25, -0.2) is 4.79 Å². The maximum Gasteiger partial charge on any atom is 0.416 e. The molecule has 0 radical (unpaired) electrons. The van der Waals surface area contributed by atoms with Gasteiger partial charge in [0.05, 0.1) is 23.4 Å². The molecule has 0 N–H and O–H groups in total. The molecular formula is C24H29F6N5O2. The lowest BCUT2D eigenvalue weighted by molar-refractivity contribution is -0.143. The predicted octanol–water partition coefficient (Wildman–Crippen LogP) is 4.99. The molecule has 1 aromatic heterocycles. The first-order valence-corrected chi connectivity index (χ1v) is 12.1. The number of fused-ring (bicyclic) bond motifs is 1. The van der Waals surface area contributed by atoms with Crippen molar-refractivity contribution in [1.82, 2.24) is 19.6 Å². The molecule has 0 bridgehead atoms. The molecule has 2 aliphatic rings. The van der Waals surface area contributed by atoms with E-state index in [-0.39, 0.29) is 12.6 Å². The van der Waals surface area contributed by atoms with Crippen LogP contribution in [0.5, 0.6) is 0 Å². The first kappa shape index (κ1) is 27.1. The summed E-state index contributed by atoms with van der Waals surface area (Å²) in [7, 11) is 0. The number of ether oxygens (including phenoxy) is 1. The van der Waals surface area contributed by atoms with Crippen molar-refractivity contribution in [2.45, 2.75) is 58.4 Å². The van der Waals surface area contributed by atoms with Crippen molar-refractivity contribution in [1.29, 1.82) is 0 Å². The summed E-state index contributed by atoms with van der Waals surface area (Å²) in [6.45, 7) is 8.17. The molecule has 1 fully saturated rings. The normalized spacial score (nSPS) is 17.6. The smallest absolute Gasteiger partial charge is 0.416 e. The van der Waals surface area contributed by atoms with Gasteiger partial charge in [0.1, 0.15) is 6.61 Å². The third-order valence-electron chi connectivity index (χ3n) is 6.64. The van der Waals surface area contributed by atoms with Crippen molar-refractivity contribution in [2.75, 3.05) is 37.6 Å². The van der Waals surface area contributed by atoms with Crippen molar-refractivity contribution in [3.63, 3.8) is 0 Å². The summed E-state index contributed by atoms with van der Waals surface area (Å²) in [5, 5.41) is 4.69. The summed E-state index contributed by atoms with van der Waals surface area (Å²) in [6.07, 6.45) is -10.2. The summed E-state index contributed by atoms with van der Waals surface area (Å²) < 4.78 is 85.6. The molecule has 4 rings (SSSR count). The largest absolute Gasteiger partial charge is 0.445 e. The summed E-state index contributed by atoms with van der Waals surface area (Å²) in [5.41, 5.74) is -2.50. The highest BCUT2D eigenvalue weighted by Gasteiger charge is 2.37. The minimum absolute atomic E-state index is 0.0432. The van der Waals surface area contributed by atoms with Crippen LogP contribution < -0.4 is 4.90 Å². The first-order chi connectivity index (χ1) is 17.3. The number of nitrogens with zero attached hydrogens (tertiary/aromatic N) is 5. The third-order valence-corrected chi connectivity index (χ3v) is 6.64. The molecule has 37 heavy (non-hydrogen) atoms. The molecule has 1 saturated heterocycles. The SMILES string of the molecule is CC(C)N1CCN(c2cc3n(n2)CCCN(C(=O)OCc2cc(C(F)(F)F)cc(C(F)(F)F)c2)C3)CC1. The number of rotatable bonds is 4. The van der Waals surface area contributed by atoms with Crippen LogP contribution in [0.25, 0.3) is 0 Å².